The number of carbonyl (C=O) groups is 2. The highest BCUT2D eigenvalue weighted by Crippen LogP contribution is 2.42. The van der Waals surface area contributed by atoms with Crippen molar-refractivity contribution in [3.63, 3.8) is 0 Å². The lowest BCUT2D eigenvalue weighted by atomic mass is 9.98. The summed E-state index contributed by atoms with van der Waals surface area (Å²) in [6.07, 6.45) is 3.63. The first-order chi connectivity index (χ1) is 15.7. The number of nitrogens with one attached hydrogen (secondary N) is 2. The highest BCUT2D eigenvalue weighted by Gasteiger charge is 2.30. The molecular weight excluding hydrogens is 442 g/mol. The van der Waals surface area contributed by atoms with Crippen molar-refractivity contribution in [3.8, 4) is 11.1 Å². The summed E-state index contributed by atoms with van der Waals surface area (Å²) in [4.78, 5) is 31.1. The number of H-pyrrole nitrogens is 1. The maximum atomic E-state index is 13.3. The third-order valence-electron chi connectivity index (χ3n) is 6.16. The number of hydrogen-bond acceptors (Lipinski definition) is 4. The predicted molar refractivity (Wildman–Crippen MR) is 127 cm³/mol. The number of nitrogens with zero attached hydrogens (tertiary/aromatic N) is 3. The number of halogens is 1. The van der Waals surface area contributed by atoms with Crippen molar-refractivity contribution in [2.45, 2.75) is 26.5 Å². The van der Waals surface area contributed by atoms with E-state index in [9.17, 15) is 9.59 Å². The Hall–Kier alpha value is -3.36. The zero-order chi connectivity index (χ0) is 23.4. The number of rotatable bonds is 0. The van der Waals surface area contributed by atoms with Crippen molar-refractivity contribution in [1.82, 2.24) is 19.7 Å². The largest absolute Gasteiger partial charge is 0.373 e. The standard InChI is InChI=1S/C24H24ClN5O3/c1-12-5-17-20(26-12)8-16-15-6-14(7-19(25)22(15)27-23(16)31)18-9-29(3)28-21(18)11-33-10-13(2)30(4)24(17)32/h5-9,13,26H,10-11H2,1-4H3,(H,27,31)/b16-8-. The minimum Gasteiger partial charge on any atom is -0.373 e. The molecule has 0 radical (unpaired) electrons. The topological polar surface area (TPSA) is 92.2 Å². The van der Waals surface area contributed by atoms with Crippen LogP contribution in [0.4, 0.5) is 5.69 Å². The van der Waals surface area contributed by atoms with E-state index in [2.05, 4.69) is 15.4 Å². The minimum absolute atomic E-state index is 0.152. The second kappa shape index (κ2) is 7.90. The third-order valence-corrected chi connectivity index (χ3v) is 6.46. The Labute approximate surface area is 196 Å². The van der Waals surface area contributed by atoms with Gasteiger partial charge in [-0.25, -0.2) is 0 Å². The van der Waals surface area contributed by atoms with Crippen LogP contribution < -0.4 is 5.32 Å². The quantitative estimate of drug-likeness (QED) is 0.527. The van der Waals surface area contributed by atoms with E-state index in [4.69, 9.17) is 16.3 Å². The Bertz CT molecular complexity index is 1340. The molecule has 170 valence electrons. The molecule has 5 rings (SSSR count). The van der Waals surface area contributed by atoms with Gasteiger partial charge in [0.25, 0.3) is 11.8 Å². The summed E-state index contributed by atoms with van der Waals surface area (Å²) in [6, 6.07) is 5.39. The number of benzene rings is 1. The second-order valence-electron chi connectivity index (χ2n) is 8.62. The number of ether oxygens (including phenoxy) is 1. The molecule has 1 aromatic carbocycles. The van der Waals surface area contributed by atoms with Gasteiger partial charge in [0, 0.05) is 37.1 Å². The lowest BCUT2D eigenvalue weighted by molar-refractivity contribution is -0.110. The Morgan fingerprint density at radius 1 is 1.15 bits per heavy atom. The van der Waals surface area contributed by atoms with E-state index in [1.54, 1.807) is 28.8 Å². The fraction of sp³-hybridized carbons (Fsp3) is 0.292. The number of carbonyl (C=O) groups excluding carboxylic acids is 2. The second-order valence-corrected chi connectivity index (χ2v) is 9.02. The van der Waals surface area contributed by atoms with Crippen molar-refractivity contribution in [3.05, 3.63) is 57.6 Å². The molecule has 4 heterocycles. The number of likely N-dealkylation sites (N-methyl/N-ethyl adjacent to an activating group) is 1. The van der Waals surface area contributed by atoms with E-state index in [0.717, 1.165) is 22.5 Å². The molecule has 0 fully saturated rings. The fourth-order valence-electron chi connectivity index (χ4n) is 4.30. The highest BCUT2D eigenvalue weighted by molar-refractivity contribution is 6.41. The Morgan fingerprint density at radius 2 is 1.94 bits per heavy atom. The first kappa shape index (κ1) is 21.5. The van der Waals surface area contributed by atoms with E-state index in [1.807, 2.05) is 39.2 Å². The SMILES string of the molecule is Cc1cc2c([nH]1)/C=C1\C(=O)Nc3c(Cl)cc(cc31)-c1cn(C)nc1COCC(C)N(C)C2=O. The first-order valence-corrected chi connectivity index (χ1v) is 11.0. The molecule has 0 spiro atoms. The Morgan fingerprint density at radius 3 is 2.73 bits per heavy atom. The average Bonchev–Trinajstić information content (AvgIpc) is 3.42. The monoisotopic (exact) mass is 465 g/mol. The molecule has 2 aliphatic rings. The molecule has 2 aliphatic heterocycles. The molecule has 1 unspecified atom stereocenters. The molecule has 33 heavy (non-hydrogen) atoms. The van der Waals surface area contributed by atoms with Crippen LogP contribution in [0.25, 0.3) is 22.8 Å². The zero-order valence-electron chi connectivity index (χ0n) is 18.8. The van der Waals surface area contributed by atoms with E-state index in [-0.39, 0.29) is 24.5 Å². The van der Waals surface area contributed by atoms with E-state index in [1.165, 1.54) is 0 Å². The summed E-state index contributed by atoms with van der Waals surface area (Å²) in [6.45, 7) is 4.45. The normalized spacial score (nSPS) is 19.8. The molecule has 0 aliphatic carbocycles. The van der Waals surface area contributed by atoms with Crippen molar-refractivity contribution in [2.24, 2.45) is 7.05 Å². The summed E-state index contributed by atoms with van der Waals surface area (Å²) in [5.74, 6) is -0.420. The molecule has 3 aromatic rings. The van der Waals surface area contributed by atoms with Gasteiger partial charge in [-0.2, -0.15) is 5.10 Å². The van der Waals surface area contributed by atoms with Crippen LogP contribution in [-0.2, 0) is 23.2 Å². The summed E-state index contributed by atoms with van der Waals surface area (Å²) >= 11 is 6.59. The number of aryl methyl sites for hydroxylation is 2. The summed E-state index contributed by atoms with van der Waals surface area (Å²) in [5.41, 5.74) is 6.06. The van der Waals surface area contributed by atoms with Crippen LogP contribution in [0, 0.1) is 6.92 Å². The van der Waals surface area contributed by atoms with Gasteiger partial charge in [-0.05, 0) is 43.7 Å². The van der Waals surface area contributed by atoms with E-state index in [0.29, 0.717) is 39.7 Å². The number of anilines is 1. The van der Waals surface area contributed by atoms with Gasteiger partial charge in [-0.1, -0.05) is 11.6 Å². The molecular formula is C24H24ClN5O3. The average molecular weight is 466 g/mol. The fourth-order valence-corrected chi connectivity index (χ4v) is 4.57. The number of hydrogen-bond donors (Lipinski definition) is 2. The van der Waals surface area contributed by atoms with Crippen molar-refractivity contribution < 1.29 is 14.3 Å². The Kier molecular flexibility index (Phi) is 5.14. The van der Waals surface area contributed by atoms with Gasteiger partial charge in [0.1, 0.15) is 0 Å². The highest BCUT2D eigenvalue weighted by atomic mass is 35.5. The molecule has 8 nitrogen and oxygen atoms in total. The van der Waals surface area contributed by atoms with Gasteiger partial charge in [0.2, 0.25) is 0 Å². The lowest BCUT2D eigenvalue weighted by Gasteiger charge is -2.25. The number of amides is 2. The molecule has 9 heteroatoms. The van der Waals surface area contributed by atoms with Crippen LogP contribution in [0.15, 0.2) is 24.4 Å². The minimum atomic E-state index is -0.268. The number of aromatic amines is 1. The molecule has 1 atom stereocenters. The molecule has 2 bridgehead atoms. The van der Waals surface area contributed by atoms with E-state index < -0.39 is 0 Å². The summed E-state index contributed by atoms with van der Waals surface area (Å²) in [7, 11) is 3.60. The van der Waals surface area contributed by atoms with Gasteiger partial charge < -0.3 is 19.9 Å². The van der Waals surface area contributed by atoms with Crippen LogP contribution in [0.2, 0.25) is 5.02 Å². The Balaban J connectivity index is 1.75. The summed E-state index contributed by atoms with van der Waals surface area (Å²) in [5, 5.41) is 7.85. The summed E-state index contributed by atoms with van der Waals surface area (Å²) < 4.78 is 7.69. The van der Waals surface area contributed by atoms with Gasteiger partial charge in [0.05, 0.1) is 52.5 Å². The van der Waals surface area contributed by atoms with Crippen LogP contribution in [-0.4, -0.2) is 51.2 Å². The van der Waals surface area contributed by atoms with E-state index >= 15 is 0 Å². The van der Waals surface area contributed by atoms with Crippen molar-refractivity contribution in [1.29, 1.82) is 0 Å². The number of fused-ring (bicyclic) bond motifs is 4. The third kappa shape index (κ3) is 3.65. The van der Waals surface area contributed by atoms with Gasteiger partial charge in [-0.15, -0.1) is 0 Å². The molecule has 0 saturated heterocycles. The number of aromatic nitrogens is 3. The van der Waals surface area contributed by atoms with Crippen LogP contribution in [0.5, 0.6) is 0 Å². The maximum Gasteiger partial charge on any atom is 0.256 e. The maximum absolute atomic E-state index is 13.3. The van der Waals surface area contributed by atoms with Crippen LogP contribution in [0.3, 0.4) is 0 Å². The lowest BCUT2D eigenvalue weighted by Crippen LogP contribution is -2.38. The predicted octanol–water partition coefficient (Wildman–Crippen LogP) is 3.86. The molecule has 2 aromatic heterocycles. The van der Waals surface area contributed by atoms with Crippen LogP contribution >= 0.6 is 11.6 Å². The molecule has 0 saturated carbocycles. The van der Waals surface area contributed by atoms with Gasteiger partial charge >= 0.3 is 0 Å². The molecule has 2 N–H and O–H groups in total. The smallest absolute Gasteiger partial charge is 0.256 e. The molecule has 2 amide bonds. The first-order valence-electron chi connectivity index (χ1n) is 10.7. The van der Waals surface area contributed by atoms with Crippen LogP contribution in [0.1, 0.15) is 39.9 Å². The zero-order valence-corrected chi connectivity index (χ0v) is 19.6. The van der Waals surface area contributed by atoms with Gasteiger partial charge in [0.15, 0.2) is 0 Å². The van der Waals surface area contributed by atoms with Crippen molar-refractivity contribution >= 4 is 40.8 Å². The van der Waals surface area contributed by atoms with Gasteiger partial charge in [-0.3, -0.25) is 14.3 Å². The van der Waals surface area contributed by atoms with Crippen molar-refractivity contribution in [2.75, 3.05) is 19.0 Å².